The van der Waals surface area contributed by atoms with Crippen molar-refractivity contribution in [3.8, 4) is 16.9 Å². The van der Waals surface area contributed by atoms with Crippen LogP contribution in [0.5, 0.6) is 5.75 Å². The maximum Gasteiger partial charge on any atom is 0.513 e. The molecule has 0 aliphatic rings. The maximum atomic E-state index is 14.2. The zero-order valence-electron chi connectivity index (χ0n) is 13.5. The van der Waals surface area contributed by atoms with Crippen LogP contribution >= 0.6 is 0 Å². The van der Waals surface area contributed by atoms with Gasteiger partial charge in [-0.25, -0.2) is 9.18 Å². The Hall–Kier alpha value is -2.36. The molecule has 0 saturated heterocycles. The lowest BCUT2D eigenvalue weighted by Crippen LogP contribution is -2.10. The summed E-state index contributed by atoms with van der Waals surface area (Å²) in [6.45, 7) is 4.30. The summed E-state index contributed by atoms with van der Waals surface area (Å²) < 4.78 is 24.1. The standard InChI is InChI=1S/C19H21FO3/c1-3-5-14-6-11-17(18(20)13-14)15-7-9-16(10-8-15)23-19(21)22-12-4-2/h6-11,13H,3-5,12H2,1-2H3. The molecule has 0 bridgehead atoms. The first-order valence-corrected chi connectivity index (χ1v) is 7.87. The highest BCUT2D eigenvalue weighted by Gasteiger charge is 2.08. The lowest BCUT2D eigenvalue weighted by Gasteiger charge is -2.08. The fraction of sp³-hybridized carbons (Fsp3) is 0.316. The van der Waals surface area contributed by atoms with E-state index < -0.39 is 6.16 Å². The highest BCUT2D eigenvalue weighted by molar-refractivity contribution is 5.67. The Morgan fingerprint density at radius 1 is 1.04 bits per heavy atom. The minimum atomic E-state index is -0.727. The number of hydrogen-bond donors (Lipinski definition) is 0. The number of carbonyl (C=O) groups excluding carboxylic acids is 1. The molecule has 0 aromatic heterocycles. The number of aryl methyl sites for hydroxylation is 1. The molecule has 0 atom stereocenters. The van der Waals surface area contributed by atoms with Crippen LogP contribution in [0.2, 0.25) is 0 Å². The number of benzene rings is 2. The first-order valence-electron chi connectivity index (χ1n) is 7.87. The molecule has 4 heteroatoms. The molecule has 0 aliphatic heterocycles. The molecule has 23 heavy (non-hydrogen) atoms. The summed E-state index contributed by atoms with van der Waals surface area (Å²) in [4.78, 5) is 11.4. The van der Waals surface area contributed by atoms with Gasteiger partial charge in [0.05, 0.1) is 6.61 Å². The van der Waals surface area contributed by atoms with E-state index in [1.54, 1.807) is 36.4 Å². The molecular formula is C19H21FO3. The Bertz CT molecular complexity index is 650. The SMILES string of the molecule is CCCOC(=O)Oc1ccc(-c2ccc(CCC)cc2F)cc1. The normalized spacial score (nSPS) is 10.4. The molecule has 0 heterocycles. The number of carbonyl (C=O) groups is 1. The summed E-state index contributed by atoms with van der Waals surface area (Å²) in [5, 5.41) is 0. The summed E-state index contributed by atoms with van der Waals surface area (Å²) in [6.07, 6.45) is 1.86. The highest BCUT2D eigenvalue weighted by Crippen LogP contribution is 2.26. The van der Waals surface area contributed by atoms with Crippen molar-refractivity contribution in [2.24, 2.45) is 0 Å². The zero-order valence-corrected chi connectivity index (χ0v) is 13.5. The van der Waals surface area contributed by atoms with Crippen molar-refractivity contribution in [3.63, 3.8) is 0 Å². The molecule has 0 unspecified atom stereocenters. The molecule has 0 amide bonds. The van der Waals surface area contributed by atoms with Gasteiger partial charge in [-0.2, -0.15) is 0 Å². The van der Waals surface area contributed by atoms with E-state index in [2.05, 4.69) is 6.92 Å². The van der Waals surface area contributed by atoms with Crippen molar-refractivity contribution in [2.75, 3.05) is 6.61 Å². The second-order valence-corrected chi connectivity index (χ2v) is 5.29. The van der Waals surface area contributed by atoms with Crippen LogP contribution in [0, 0.1) is 5.82 Å². The van der Waals surface area contributed by atoms with Crippen LogP contribution in [0.3, 0.4) is 0 Å². The van der Waals surface area contributed by atoms with Crippen LogP contribution in [0.4, 0.5) is 9.18 Å². The van der Waals surface area contributed by atoms with E-state index in [1.165, 1.54) is 0 Å². The van der Waals surface area contributed by atoms with Gasteiger partial charge in [0, 0.05) is 5.56 Å². The van der Waals surface area contributed by atoms with Crippen molar-refractivity contribution in [1.29, 1.82) is 0 Å². The average molecular weight is 316 g/mol. The Morgan fingerprint density at radius 2 is 1.78 bits per heavy atom. The van der Waals surface area contributed by atoms with Gasteiger partial charge in [-0.15, -0.1) is 0 Å². The Labute approximate surface area is 136 Å². The third-order valence-corrected chi connectivity index (χ3v) is 3.36. The van der Waals surface area contributed by atoms with Gasteiger partial charge in [0.2, 0.25) is 0 Å². The molecule has 0 radical (unpaired) electrons. The molecule has 0 saturated carbocycles. The molecule has 0 spiro atoms. The second kappa shape index (κ2) is 8.32. The van der Waals surface area contributed by atoms with Crippen LogP contribution in [-0.2, 0) is 11.2 Å². The van der Waals surface area contributed by atoms with Gasteiger partial charge in [0.25, 0.3) is 0 Å². The molecule has 0 aliphatic carbocycles. The fourth-order valence-corrected chi connectivity index (χ4v) is 2.25. The monoisotopic (exact) mass is 316 g/mol. The van der Waals surface area contributed by atoms with Gasteiger partial charge in [-0.05, 0) is 42.2 Å². The van der Waals surface area contributed by atoms with Crippen molar-refractivity contribution >= 4 is 6.16 Å². The minimum Gasteiger partial charge on any atom is -0.434 e. The van der Waals surface area contributed by atoms with E-state index in [9.17, 15) is 9.18 Å². The van der Waals surface area contributed by atoms with Crippen LogP contribution in [-0.4, -0.2) is 12.8 Å². The predicted molar refractivity (Wildman–Crippen MR) is 88.1 cm³/mol. The van der Waals surface area contributed by atoms with Gasteiger partial charge < -0.3 is 9.47 Å². The molecule has 3 nitrogen and oxygen atoms in total. The molecule has 2 aromatic rings. The average Bonchev–Trinajstić information content (AvgIpc) is 2.54. The van der Waals surface area contributed by atoms with E-state index >= 15 is 0 Å². The van der Waals surface area contributed by atoms with Crippen LogP contribution in [0.1, 0.15) is 32.3 Å². The van der Waals surface area contributed by atoms with Gasteiger partial charge in [-0.3, -0.25) is 0 Å². The Balaban J connectivity index is 2.09. The smallest absolute Gasteiger partial charge is 0.434 e. The number of halogens is 1. The van der Waals surface area contributed by atoms with Crippen LogP contribution in [0.25, 0.3) is 11.1 Å². The van der Waals surface area contributed by atoms with Crippen molar-refractivity contribution in [2.45, 2.75) is 33.1 Å². The number of rotatable bonds is 6. The summed E-state index contributed by atoms with van der Waals surface area (Å²) >= 11 is 0. The quantitative estimate of drug-likeness (QED) is 0.531. The summed E-state index contributed by atoms with van der Waals surface area (Å²) in [7, 11) is 0. The van der Waals surface area contributed by atoms with Gasteiger partial charge >= 0.3 is 6.16 Å². The van der Waals surface area contributed by atoms with Crippen molar-refractivity contribution < 1.29 is 18.7 Å². The molecule has 0 N–H and O–H groups in total. The first-order chi connectivity index (χ1) is 11.1. The third kappa shape index (κ3) is 4.81. The van der Waals surface area contributed by atoms with Crippen molar-refractivity contribution in [1.82, 2.24) is 0 Å². The molecule has 2 aromatic carbocycles. The lowest BCUT2D eigenvalue weighted by molar-refractivity contribution is 0.0992. The minimum absolute atomic E-state index is 0.244. The van der Waals surface area contributed by atoms with E-state index in [1.807, 2.05) is 13.0 Å². The second-order valence-electron chi connectivity index (χ2n) is 5.29. The van der Waals surface area contributed by atoms with E-state index in [0.717, 1.165) is 30.4 Å². The lowest BCUT2D eigenvalue weighted by atomic mass is 10.0. The molecule has 2 rings (SSSR count). The number of ether oxygens (including phenoxy) is 2. The predicted octanol–water partition coefficient (Wildman–Crippen LogP) is 5.37. The summed E-state index contributed by atoms with van der Waals surface area (Å²) in [5.74, 6) is 0.129. The zero-order chi connectivity index (χ0) is 16.7. The maximum absolute atomic E-state index is 14.2. The fourth-order valence-electron chi connectivity index (χ4n) is 2.25. The number of hydrogen-bond acceptors (Lipinski definition) is 3. The van der Waals surface area contributed by atoms with Gasteiger partial charge in [0.15, 0.2) is 0 Å². The topological polar surface area (TPSA) is 35.5 Å². The largest absolute Gasteiger partial charge is 0.513 e. The Kier molecular flexibility index (Phi) is 6.15. The third-order valence-electron chi connectivity index (χ3n) is 3.36. The molecule has 0 fully saturated rings. The molecular weight excluding hydrogens is 295 g/mol. The summed E-state index contributed by atoms with van der Waals surface area (Å²) in [5.41, 5.74) is 2.26. The van der Waals surface area contributed by atoms with E-state index in [4.69, 9.17) is 9.47 Å². The molecule has 122 valence electrons. The van der Waals surface area contributed by atoms with Gasteiger partial charge in [-0.1, -0.05) is 44.5 Å². The Morgan fingerprint density at radius 3 is 2.39 bits per heavy atom. The summed E-state index contributed by atoms with van der Waals surface area (Å²) in [6, 6.07) is 12.0. The van der Waals surface area contributed by atoms with E-state index in [0.29, 0.717) is 17.9 Å². The van der Waals surface area contributed by atoms with Crippen molar-refractivity contribution in [3.05, 3.63) is 53.8 Å². The van der Waals surface area contributed by atoms with Crippen LogP contribution < -0.4 is 4.74 Å². The van der Waals surface area contributed by atoms with E-state index in [-0.39, 0.29) is 5.82 Å². The first kappa shape index (κ1) is 17.0. The highest BCUT2D eigenvalue weighted by atomic mass is 19.1. The van der Waals surface area contributed by atoms with Gasteiger partial charge in [0.1, 0.15) is 11.6 Å². The van der Waals surface area contributed by atoms with Crippen LogP contribution in [0.15, 0.2) is 42.5 Å².